The molecule has 0 atom stereocenters. The van der Waals surface area contributed by atoms with Gasteiger partial charge in [0.05, 0.1) is 11.4 Å². The first-order valence-electron chi connectivity index (χ1n) is 7.34. The third-order valence-electron chi connectivity index (χ3n) is 3.32. The molecule has 0 saturated carbocycles. The van der Waals surface area contributed by atoms with Crippen molar-refractivity contribution in [3.63, 3.8) is 0 Å². The summed E-state index contributed by atoms with van der Waals surface area (Å²) in [5, 5.41) is 8.13. The molecular weight excluding hydrogens is 410 g/mol. The summed E-state index contributed by atoms with van der Waals surface area (Å²) in [6.45, 7) is 0.461. The molecule has 25 heavy (non-hydrogen) atoms. The van der Waals surface area contributed by atoms with Crippen LogP contribution in [0.2, 0.25) is 0 Å². The molecule has 0 spiro atoms. The van der Waals surface area contributed by atoms with E-state index in [2.05, 4.69) is 31.1 Å². The molecule has 3 N–H and O–H groups in total. The second kappa shape index (κ2) is 8.37. The number of hydrogen-bond acceptors (Lipinski definition) is 7. The first kappa shape index (κ1) is 19.3. The van der Waals surface area contributed by atoms with Crippen LogP contribution < -0.4 is 10.6 Å². The Balaban J connectivity index is 2.03. The largest absolute Gasteiger partial charge is 0.397 e. The van der Waals surface area contributed by atoms with Crippen LogP contribution in [0.5, 0.6) is 0 Å². The van der Waals surface area contributed by atoms with Gasteiger partial charge in [0, 0.05) is 29.9 Å². The van der Waals surface area contributed by atoms with E-state index in [9.17, 15) is 8.42 Å². The van der Waals surface area contributed by atoms with Gasteiger partial charge in [0.15, 0.2) is 5.82 Å². The number of nitrogen functional groups attached to an aromatic ring is 1. The van der Waals surface area contributed by atoms with Crippen LogP contribution in [0, 0.1) is 0 Å². The third kappa shape index (κ3) is 6.40. The van der Waals surface area contributed by atoms with Gasteiger partial charge < -0.3 is 10.6 Å². The number of nitrogens with two attached hydrogens (primary N) is 1. The first-order valence-corrected chi connectivity index (χ1v) is 9.74. The van der Waals surface area contributed by atoms with Crippen LogP contribution in [0.25, 0.3) is 0 Å². The Bertz CT molecular complexity index is 856. The number of halogens is 1. The molecule has 0 radical (unpaired) electrons. The lowest BCUT2D eigenvalue weighted by atomic mass is 10.2. The minimum absolute atomic E-state index is 0.278. The summed E-state index contributed by atoms with van der Waals surface area (Å²) in [6, 6.07) is 8.81. The van der Waals surface area contributed by atoms with Crippen molar-refractivity contribution in [2.75, 3.05) is 30.0 Å². The number of nitrogens with zero attached hydrogens (tertiary/aromatic N) is 4. The highest BCUT2D eigenvalue weighted by atomic mass is 79.9. The Morgan fingerprint density at radius 1 is 1.28 bits per heavy atom. The van der Waals surface area contributed by atoms with E-state index in [1.807, 2.05) is 24.1 Å². The highest BCUT2D eigenvalue weighted by Crippen LogP contribution is 2.28. The van der Waals surface area contributed by atoms with Crippen molar-refractivity contribution in [3.8, 4) is 0 Å². The summed E-state index contributed by atoms with van der Waals surface area (Å²) >= 11 is 3.30. The van der Waals surface area contributed by atoms with Crippen LogP contribution in [0.1, 0.15) is 6.42 Å². The topological polar surface area (TPSA) is 121 Å². The summed E-state index contributed by atoms with van der Waals surface area (Å²) in [7, 11) is -2.13. The number of azo groups is 1. The monoisotopic (exact) mass is 427 g/mol. The molecule has 2 rings (SSSR count). The molecule has 1 aromatic heterocycles. The van der Waals surface area contributed by atoms with E-state index in [1.54, 1.807) is 24.4 Å². The Hall–Kier alpha value is -2.04. The van der Waals surface area contributed by atoms with Crippen LogP contribution in [0.3, 0.4) is 0 Å². The normalized spacial score (nSPS) is 11.8. The molecule has 0 aliphatic heterocycles. The molecule has 10 heteroatoms. The number of benzene rings is 1. The highest BCUT2D eigenvalue weighted by molar-refractivity contribution is 9.10. The summed E-state index contributed by atoms with van der Waals surface area (Å²) in [6.07, 6.45) is 1.94. The number of rotatable bonds is 7. The maximum absolute atomic E-state index is 10.7. The minimum Gasteiger partial charge on any atom is -0.397 e. The van der Waals surface area contributed by atoms with E-state index in [-0.39, 0.29) is 5.75 Å². The third-order valence-corrected chi connectivity index (χ3v) is 4.59. The molecule has 0 aliphatic rings. The lowest BCUT2D eigenvalue weighted by Gasteiger charge is -2.19. The standard InChI is InChI=1S/C15H18BrN5O3S/c1-21(7-2-8-25(22,23)24)12-4-5-14(13(17)9-12)19-20-15-6-3-11(16)10-18-15/h3-6,9-10H,2,7-8,17H2,1H3,(H,22,23,24). The van der Waals surface area contributed by atoms with Crippen molar-refractivity contribution < 1.29 is 13.0 Å². The van der Waals surface area contributed by atoms with Crippen LogP contribution in [0.15, 0.2) is 51.2 Å². The zero-order valence-electron chi connectivity index (χ0n) is 13.5. The van der Waals surface area contributed by atoms with Gasteiger partial charge in [0.1, 0.15) is 5.69 Å². The van der Waals surface area contributed by atoms with E-state index >= 15 is 0 Å². The van der Waals surface area contributed by atoms with Crippen molar-refractivity contribution in [1.29, 1.82) is 0 Å². The smallest absolute Gasteiger partial charge is 0.264 e. The van der Waals surface area contributed by atoms with Gasteiger partial charge in [-0.15, -0.1) is 10.2 Å². The second-order valence-electron chi connectivity index (χ2n) is 5.34. The van der Waals surface area contributed by atoms with E-state index < -0.39 is 10.1 Å². The first-order chi connectivity index (χ1) is 11.7. The summed E-state index contributed by atoms with van der Waals surface area (Å²) in [5.41, 5.74) is 7.77. The predicted octanol–water partition coefficient (Wildman–Crippen LogP) is 3.56. The Morgan fingerprint density at radius 2 is 2.04 bits per heavy atom. The lowest BCUT2D eigenvalue weighted by Crippen LogP contribution is -2.21. The molecule has 8 nitrogen and oxygen atoms in total. The summed E-state index contributed by atoms with van der Waals surface area (Å²) < 4.78 is 31.1. The Morgan fingerprint density at radius 3 is 2.64 bits per heavy atom. The molecule has 0 fully saturated rings. The van der Waals surface area contributed by atoms with Gasteiger partial charge in [-0.2, -0.15) is 8.42 Å². The molecule has 0 aliphatic carbocycles. The van der Waals surface area contributed by atoms with Crippen LogP contribution in [0.4, 0.5) is 22.9 Å². The van der Waals surface area contributed by atoms with Crippen LogP contribution >= 0.6 is 15.9 Å². The molecule has 2 aromatic rings. The fourth-order valence-corrected chi connectivity index (χ4v) is 2.74. The number of aromatic nitrogens is 1. The molecular formula is C15H18BrN5O3S. The van der Waals surface area contributed by atoms with Crippen molar-refractivity contribution in [2.24, 2.45) is 10.2 Å². The second-order valence-corrected chi connectivity index (χ2v) is 7.83. The molecule has 1 aromatic carbocycles. The van der Waals surface area contributed by atoms with Crippen molar-refractivity contribution in [1.82, 2.24) is 4.98 Å². The molecule has 0 bridgehead atoms. The maximum Gasteiger partial charge on any atom is 0.264 e. The van der Waals surface area contributed by atoms with Gasteiger partial charge in [-0.1, -0.05) is 0 Å². The van der Waals surface area contributed by atoms with E-state index in [0.29, 0.717) is 30.2 Å². The quantitative estimate of drug-likeness (QED) is 0.395. The molecule has 1 heterocycles. The van der Waals surface area contributed by atoms with Crippen molar-refractivity contribution in [3.05, 3.63) is 41.0 Å². The average Bonchev–Trinajstić information content (AvgIpc) is 2.54. The summed E-state index contributed by atoms with van der Waals surface area (Å²) in [5.74, 6) is 0.188. The van der Waals surface area contributed by atoms with Gasteiger partial charge in [0.2, 0.25) is 0 Å². The van der Waals surface area contributed by atoms with Gasteiger partial charge in [-0.25, -0.2) is 4.98 Å². The highest BCUT2D eigenvalue weighted by Gasteiger charge is 2.08. The fraction of sp³-hybridized carbons (Fsp3) is 0.267. The van der Waals surface area contributed by atoms with Crippen molar-refractivity contribution >= 4 is 48.9 Å². The van der Waals surface area contributed by atoms with E-state index in [0.717, 1.165) is 10.2 Å². The van der Waals surface area contributed by atoms with Gasteiger partial charge in [0.25, 0.3) is 10.1 Å². The number of pyridine rings is 1. The van der Waals surface area contributed by atoms with Crippen molar-refractivity contribution in [2.45, 2.75) is 6.42 Å². The average molecular weight is 428 g/mol. The molecule has 0 unspecified atom stereocenters. The van der Waals surface area contributed by atoms with Crippen LogP contribution in [-0.4, -0.2) is 37.3 Å². The SMILES string of the molecule is CN(CCCS(=O)(=O)O)c1ccc(N=Nc2ccc(Br)cn2)c(N)c1. The zero-order chi connectivity index (χ0) is 18.4. The minimum atomic E-state index is -3.94. The predicted molar refractivity (Wildman–Crippen MR) is 101 cm³/mol. The fourth-order valence-electron chi connectivity index (χ4n) is 2.02. The molecule has 0 amide bonds. The van der Waals surface area contributed by atoms with Gasteiger partial charge >= 0.3 is 0 Å². The van der Waals surface area contributed by atoms with E-state index in [1.165, 1.54) is 0 Å². The molecule has 134 valence electrons. The van der Waals surface area contributed by atoms with E-state index in [4.69, 9.17) is 10.3 Å². The molecule has 0 saturated heterocycles. The summed E-state index contributed by atoms with van der Waals surface area (Å²) in [4.78, 5) is 5.94. The van der Waals surface area contributed by atoms with Gasteiger partial charge in [-0.05, 0) is 52.7 Å². The maximum atomic E-state index is 10.7. The van der Waals surface area contributed by atoms with Crippen LogP contribution in [-0.2, 0) is 10.1 Å². The Kier molecular flexibility index (Phi) is 6.45. The number of anilines is 2. The zero-order valence-corrected chi connectivity index (χ0v) is 15.9. The van der Waals surface area contributed by atoms with Gasteiger partial charge in [-0.3, -0.25) is 4.55 Å². The number of hydrogen-bond donors (Lipinski definition) is 2. The Labute approximate surface area is 154 Å². The lowest BCUT2D eigenvalue weighted by molar-refractivity contribution is 0.481.